The Bertz CT molecular complexity index is 632. The summed E-state index contributed by atoms with van der Waals surface area (Å²) in [6.07, 6.45) is 4.60. The van der Waals surface area contributed by atoms with E-state index in [0.29, 0.717) is 12.8 Å². The average molecular weight is 234 g/mol. The molecule has 0 spiro atoms. The summed E-state index contributed by atoms with van der Waals surface area (Å²) in [5.74, 6) is -0.423. The molecule has 0 saturated carbocycles. The lowest BCUT2D eigenvalue weighted by Crippen LogP contribution is -2.23. The first kappa shape index (κ1) is 10.7. The van der Waals surface area contributed by atoms with Crippen LogP contribution in [0.15, 0.2) is 24.5 Å². The number of hydrogen-bond donors (Lipinski definition) is 0. The Balaban J connectivity index is 2.13. The van der Waals surface area contributed by atoms with E-state index in [1.54, 1.807) is 12.4 Å². The van der Waals surface area contributed by atoms with Crippen LogP contribution in [0.3, 0.4) is 0 Å². The zero-order chi connectivity index (χ0) is 12.5. The van der Waals surface area contributed by atoms with Crippen LogP contribution in [0.2, 0.25) is 0 Å². The van der Waals surface area contributed by atoms with Crippen molar-refractivity contribution >= 4 is 11.0 Å². The molecule has 1 aromatic heterocycles. The summed E-state index contributed by atoms with van der Waals surface area (Å²) in [6, 6.07) is 8.46. The van der Waals surface area contributed by atoms with Crippen LogP contribution in [-0.4, -0.2) is 9.97 Å². The molecule has 18 heavy (non-hydrogen) atoms. The Morgan fingerprint density at radius 3 is 1.72 bits per heavy atom. The molecule has 0 unspecified atom stereocenters. The van der Waals surface area contributed by atoms with E-state index in [0.717, 1.165) is 22.2 Å². The normalized spacial score (nSPS) is 21.9. The highest BCUT2D eigenvalue weighted by Crippen LogP contribution is 2.31. The minimum Gasteiger partial charge on any atom is -0.253 e. The smallest absolute Gasteiger partial charge is 0.0889 e. The third kappa shape index (κ3) is 1.59. The van der Waals surface area contributed by atoms with Gasteiger partial charge in [0.05, 0.1) is 35.0 Å². The van der Waals surface area contributed by atoms with E-state index in [9.17, 15) is 0 Å². The van der Waals surface area contributed by atoms with E-state index < -0.39 is 0 Å². The van der Waals surface area contributed by atoms with E-state index in [1.165, 1.54) is 0 Å². The highest BCUT2D eigenvalue weighted by Gasteiger charge is 2.28. The third-order valence-corrected chi connectivity index (χ3v) is 3.49. The fourth-order valence-corrected chi connectivity index (χ4v) is 2.51. The number of hydrogen-bond acceptors (Lipinski definition) is 4. The summed E-state index contributed by atoms with van der Waals surface area (Å²) in [5, 5.41) is 18.2. The number of benzene rings is 1. The van der Waals surface area contributed by atoms with E-state index in [4.69, 9.17) is 10.5 Å². The lowest BCUT2D eigenvalue weighted by Gasteiger charge is -2.24. The molecular weight excluding hydrogens is 224 g/mol. The number of fused-ring (bicyclic) bond motifs is 2. The van der Waals surface area contributed by atoms with Crippen molar-refractivity contribution in [1.82, 2.24) is 9.97 Å². The van der Waals surface area contributed by atoms with Crippen LogP contribution in [0.5, 0.6) is 0 Å². The molecule has 1 heterocycles. The maximum absolute atomic E-state index is 9.10. The predicted octanol–water partition coefficient (Wildman–Crippen LogP) is 2.01. The minimum absolute atomic E-state index is 0.211. The first-order chi connectivity index (χ1) is 8.81. The van der Waals surface area contributed by atoms with Crippen LogP contribution < -0.4 is 0 Å². The molecule has 0 aliphatic heterocycles. The van der Waals surface area contributed by atoms with Gasteiger partial charge < -0.3 is 0 Å². The van der Waals surface area contributed by atoms with Gasteiger partial charge in [-0.2, -0.15) is 10.5 Å². The second-order valence-corrected chi connectivity index (χ2v) is 4.55. The molecule has 3 rings (SSSR count). The van der Waals surface area contributed by atoms with Crippen LogP contribution in [-0.2, 0) is 12.8 Å². The molecule has 0 amide bonds. The molecule has 2 atom stereocenters. The monoisotopic (exact) mass is 234 g/mol. The maximum Gasteiger partial charge on any atom is 0.0889 e. The van der Waals surface area contributed by atoms with Gasteiger partial charge in [0.2, 0.25) is 0 Å². The molecule has 1 aliphatic rings. The lowest BCUT2D eigenvalue weighted by molar-refractivity contribution is 0.461. The van der Waals surface area contributed by atoms with Crippen molar-refractivity contribution in [3.63, 3.8) is 0 Å². The second-order valence-electron chi connectivity index (χ2n) is 4.55. The van der Waals surface area contributed by atoms with Gasteiger partial charge in [0.1, 0.15) is 0 Å². The lowest BCUT2D eigenvalue weighted by atomic mass is 9.77. The summed E-state index contributed by atoms with van der Waals surface area (Å²) in [7, 11) is 0. The van der Waals surface area contributed by atoms with Gasteiger partial charge in [0.25, 0.3) is 0 Å². The molecule has 0 fully saturated rings. The van der Waals surface area contributed by atoms with Crippen LogP contribution in [0.1, 0.15) is 11.1 Å². The van der Waals surface area contributed by atoms with Gasteiger partial charge in [-0.1, -0.05) is 0 Å². The molecule has 0 saturated heterocycles. The fraction of sp³-hybridized carbons (Fsp3) is 0.286. The van der Waals surface area contributed by atoms with Crippen molar-refractivity contribution in [2.24, 2.45) is 11.8 Å². The Kier molecular flexibility index (Phi) is 2.42. The van der Waals surface area contributed by atoms with Gasteiger partial charge in [-0.3, -0.25) is 9.97 Å². The Labute approximate surface area is 105 Å². The molecule has 4 heteroatoms. The highest BCUT2D eigenvalue weighted by molar-refractivity contribution is 5.76. The van der Waals surface area contributed by atoms with Gasteiger partial charge >= 0.3 is 0 Å². The largest absolute Gasteiger partial charge is 0.253 e. The van der Waals surface area contributed by atoms with Gasteiger partial charge in [-0.05, 0) is 36.1 Å². The molecular formula is C14H10N4. The van der Waals surface area contributed by atoms with Crippen molar-refractivity contribution < 1.29 is 0 Å². The molecule has 1 aromatic carbocycles. The van der Waals surface area contributed by atoms with Crippen molar-refractivity contribution in [2.75, 3.05) is 0 Å². The van der Waals surface area contributed by atoms with Crippen LogP contribution >= 0.6 is 0 Å². The van der Waals surface area contributed by atoms with Gasteiger partial charge in [0.15, 0.2) is 0 Å². The van der Waals surface area contributed by atoms with Crippen molar-refractivity contribution in [3.8, 4) is 12.1 Å². The zero-order valence-electron chi connectivity index (χ0n) is 9.67. The summed E-state index contributed by atoms with van der Waals surface area (Å²) in [4.78, 5) is 8.54. The standard InChI is InChI=1S/C14H10N4/c15-7-11-3-9-5-13-14(18-2-1-17-13)6-10(9)4-12(11)8-16/h1-2,5-6,11-12H,3-4H2/t11-,12-/m0/s1. The van der Waals surface area contributed by atoms with Crippen LogP contribution in [0.4, 0.5) is 0 Å². The van der Waals surface area contributed by atoms with Crippen molar-refractivity contribution in [3.05, 3.63) is 35.7 Å². The topological polar surface area (TPSA) is 73.4 Å². The quantitative estimate of drug-likeness (QED) is 0.698. The van der Waals surface area contributed by atoms with E-state index in [2.05, 4.69) is 22.1 Å². The first-order valence-corrected chi connectivity index (χ1v) is 5.83. The number of rotatable bonds is 0. The third-order valence-electron chi connectivity index (χ3n) is 3.49. The molecule has 0 N–H and O–H groups in total. The summed E-state index contributed by atoms with van der Waals surface area (Å²) < 4.78 is 0. The Hall–Kier alpha value is -2.46. The average Bonchev–Trinajstić information content (AvgIpc) is 2.43. The predicted molar refractivity (Wildman–Crippen MR) is 65.2 cm³/mol. The highest BCUT2D eigenvalue weighted by atomic mass is 14.8. The van der Waals surface area contributed by atoms with Crippen molar-refractivity contribution in [1.29, 1.82) is 10.5 Å². The molecule has 86 valence electrons. The molecule has 0 radical (unpaired) electrons. The zero-order valence-corrected chi connectivity index (χ0v) is 9.67. The van der Waals surface area contributed by atoms with Gasteiger partial charge in [-0.15, -0.1) is 0 Å². The number of nitriles is 2. The summed E-state index contributed by atoms with van der Waals surface area (Å²) in [5.41, 5.74) is 3.95. The molecule has 0 bridgehead atoms. The summed E-state index contributed by atoms with van der Waals surface area (Å²) >= 11 is 0. The number of nitrogens with zero attached hydrogens (tertiary/aromatic N) is 4. The van der Waals surface area contributed by atoms with E-state index >= 15 is 0 Å². The van der Waals surface area contributed by atoms with E-state index in [1.807, 2.05) is 12.1 Å². The minimum atomic E-state index is -0.211. The van der Waals surface area contributed by atoms with Crippen molar-refractivity contribution in [2.45, 2.75) is 12.8 Å². The Morgan fingerprint density at radius 2 is 1.33 bits per heavy atom. The summed E-state index contributed by atoms with van der Waals surface area (Å²) in [6.45, 7) is 0. The second kappa shape index (κ2) is 4.09. The molecule has 1 aliphatic carbocycles. The van der Waals surface area contributed by atoms with Crippen LogP contribution in [0.25, 0.3) is 11.0 Å². The number of aromatic nitrogens is 2. The fourth-order valence-electron chi connectivity index (χ4n) is 2.51. The SMILES string of the molecule is N#C[C@@H]1Cc2cc3nccnc3cc2C[C@H]1C#N. The molecule has 4 nitrogen and oxygen atoms in total. The first-order valence-electron chi connectivity index (χ1n) is 5.83. The Morgan fingerprint density at radius 1 is 0.889 bits per heavy atom. The van der Waals surface area contributed by atoms with Gasteiger partial charge in [0, 0.05) is 12.4 Å². The maximum atomic E-state index is 9.10. The van der Waals surface area contributed by atoms with Gasteiger partial charge in [-0.25, -0.2) is 0 Å². The van der Waals surface area contributed by atoms with Crippen LogP contribution in [0, 0.1) is 34.5 Å². The van der Waals surface area contributed by atoms with E-state index in [-0.39, 0.29) is 11.8 Å². The molecule has 2 aromatic rings.